The molecular formula is C13H10N2O3. The van der Waals surface area contributed by atoms with Crippen LogP contribution in [0.25, 0.3) is 0 Å². The van der Waals surface area contributed by atoms with Crippen molar-refractivity contribution in [1.29, 1.82) is 0 Å². The van der Waals surface area contributed by atoms with Gasteiger partial charge >= 0.3 is 5.69 Å². The number of aromatic hydroxyl groups is 1. The molecule has 2 aromatic carbocycles. The minimum Gasteiger partial charge on any atom is -0.501 e. The van der Waals surface area contributed by atoms with Gasteiger partial charge in [0, 0.05) is 12.3 Å². The van der Waals surface area contributed by atoms with Gasteiger partial charge in [-0.15, -0.1) is 0 Å². The molecule has 0 atom stereocenters. The molecule has 0 bridgehead atoms. The molecule has 0 radical (unpaired) electrons. The van der Waals surface area contributed by atoms with Gasteiger partial charge in [-0.05, 0) is 11.6 Å². The van der Waals surface area contributed by atoms with Crippen molar-refractivity contribution in [3.63, 3.8) is 0 Å². The predicted octanol–water partition coefficient (Wildman–Crippen LogP) is 3.05. The van der Waals surface area contributed by atoms with Gasteiger partial charge in [0.05, 0.1) is 4.92 Å². The molecule has 2 aromatic rings. The maximum Gasteiger partial charge on any atom is 0.313 e. The van der Waals surface area contributed by atoms with Gasteiger partial charge < -0.3 is 5.11 Å². The highest BCUT2D eigenvalue weighted by Crippen LogP contribution is 2.35. The van der Waals surface area contributed by atoms with Crippen molar-refractivity contribution in [2.75, 3.05) is 0 Å². The Hall–Kier alpha value is -2.69. The first-order valence-electron chi connectivity index (χ1n) is 5.24. The summed E-state index contributed by atoms with van der Waals surface area (Å²) in [4.78, 5) is 14.0. The Morgan fingerprint density at radius 3 is 2.50 bits per heavy atom. The Kier molecular flexibility index (Phi) is 3.33. The van der Waals surface area contributed by atoms with Gasteiger partial charge in [0.2, 0.25) is 5.75 Å². The number of hydrogen-bond donors (Lipinski definition) is 1. The van der Waals surface area contributed by atoms with Crippen LogP contribution in [0.15, 0.2) is 53.5 Å². The van der Waals surface area contributed by atoms with E-state index in [9.17, 15) is 15.2 Å². The van der Waals surface area contributed by atoms with Crippen LogP contribution in [-0.4, -0.2) is 16.2 Å². The van der Waals surface area contributed by atoms with E-state index in [-0.39, 0.29) is 11.4 Å². The van der Waals surface area contributed by atoms with Crippen molar-refractivity contribution in [3.8, 4) is 5.75 Å². The fourth-order valence-electron chi connectivity index (χ4n) is 1.45. The Morgan fingerprint density at radius 2 is 1.83 bits per heavy atom. The van der Waals surface area contributed by atoms with Crippen LogP contribution in [0.3, 0.4) is 0 Å². The van der Waals surface area contributed by atoms with Crippen LogP contribution < -0.4 is 0 Å². The standard InChI is InChI=1S/C13H10N2O3/c16-13-11(7-4-8-12(13)15(17)18)14-9-10-5-2-1-3-6-10/h1-9,16H. The van der Waals surface area contributed by atoms with E-state index in [1.807, 2.05) is 30.3 Å². The summed E-state index contributed by atoms with van der Waals surface area (Å²) in [6.45, 7) is 0. The second-order valence-electron chi connectivity index (χ2n) is 3.57. The average Bonchev–Trinajstić information content (AvgIpc) is 2.38. The van der Waals surface area contributed by atoms with Crippen molar-refractivity contribution in [3.05, 3.63) is 64.2 Å². The highest BCUT2D eigenvalue weighted by atomic mass is 16.6. The molecule has 0 fully saturated rings. The van der Waals surface area contributed by atoms with Crippen LogP contribution in [0.1, 0.15) is 5.56 Å². The minimum absolute atomic E-state index is 0.174. The molecule has 2 rings (SSSR count). The lowest BCUT2D eigenvalue weighted by molar-refractivity contribution is -0.385. The molecular weight excluding hydrogens is 232 g/mol. The lowest BCUT2D eigenvalue weighted by Gasteiger charge is -1.99. The van der Waals surface area contributed by atoms with Crippen LogP contribution in [-0.2, 0) is 0 Å². The van der Waals surface area contributed by atoms with Gasteiger partial charge in [-0.2, -0.15) is 0 Å². The van der Waals surface area contributed by atoms with Crippen molar-refractivity contribution in [2.45, 2.75) is 0 Å². The topological polar surface area (TPSA) is 75.7 Å². The summed E-state index contributed by atoms with van der Waals surface area (Å²) >= 11 is 0. The van der Waals surface area contributed by atoms with Crippen molar-refractivity contribution in [2.24, 2.45) is 4.99 Å². The lowest BCUT2D eigenvalue weighted by atomic mass is 10.2. The number of nitro groups is 1. The summed E-state index contributed by atoms with van der Waals surface area (Å²) < 4.78 is 0. The number of nitrogens with zero attached hydrogens (tertiary/aromatic N) is 2. The van der Waals surface area contributed by atoms with Crippen molar-refractivity contribution >= 4 is 17.6 Å². The number of phenolic OH excluding ortho intramolecular Hbond substituents is 1. The minimum atomic E-state index is -0.642. The average molecular weight is 242 g/mol. The summed E-state index contributed by atoms with van der Waals surface area (Å²) in [6, 6.07) is 13.5. The molecule has 1 N–H and O–H groups in total. The third kappa shape index (κ3) is 2.52. The quantitative estimate of drug-likeness (QED) is 0.510. The zero-order valence-electron chi connectivity index (χ0n) is 9.35. The highest BCUT2D eigenvalue weighted by Gasteiger charge is 2.15. The van der Waals surface area contributed by atoms with Crippen LogP contribution >= 0.6 is 0 Å². The predicted molar refractivity (Wildman–Crippen MR) is 68.5 cm³/mol. The Morgan fingerprint density at radius 1 is 1.11 bits per heavy atom. The molecule has 0 saturated carbocycles. The van der Waals surface area contributed by atoms with E-state index < -0.39 is 10.7 Å². The molecule has 0 spiro atoms. The van der Waals surface area contributed by atoms with E-state index in [1.54, 1.807) is 6.21 Å². The van der Waals surface area contributed by atoms with Gasteiger partial charge in [-0.1, -0.05) is 36.4 Å². The van der Waals surface area contributed by atoms with Gasteiger partial charge in [0.25, 0.3) is 0 Å². The van der Waals surface area contributed by atoms with Gasteiger partial charge in [0.15, 0.2) is 0 Å². The molecule has 0 aliphatic carbocycles. The molecule has 0 unspecified atom stereocenters. The second-order valence-corrected chi connectivity index (χ2v) is 3.57. The molecule has 0 saturated heterocycles. The number of hydrogen-bond acceptors (Lipinski definition) is 4. The van der Waals surface area contributed by atoms with E-state index in [1.165, 1.54) is 18.2 Å². The number of aliphatic imine (C=N–C) groups is 1. The zero-order valence-corrected chi connectivity index (χ0v) is 9.35. The fourth-order valence-corrected chi connectivity index (χ4v) is 1.45. The molecule has 0 aliphatic rings. The Balaban J connectivity index is 2.33. The zero-order chi connectivity index (χ0) is 13.0. The third-order valence-corrected chi connectivity index (χ3v) is 2.34. The van der Waals surface area contributed by atoms with Crippen molar-refractivity contribution in [1.82, 2.24) is 0 Å². The van der Waals surface area contributed by atoms with Gasteiger partial charge in [-0.3, -0.25) is 15.1 Å². The van der Waals surface area contributed by atoms with E-state index in [4.69, 9.17) is 0 Å². The number of benzene rings is 2. The summed E-state index contributed by atoms with van der Waals surface area (Å²) in [5.74, 6) is -0.422. The number of nitro benzene ring substituents is 1. The van der Waals surface area contributed by atoms with Crippen molar-refractivity contribution < 1.29 is 10.0 Å². The van der Waals surface area contributed by atoms with Crippen LogP contribution in [0.4, 0.5) is 11.4 Å². The summed E-state index contributed by atoms with van der Waals surface area (Å²) in [5, 5.41) is 20.3. The largest absolute Gasteiger partial charge is 0.501 e. The van der Waals surface area contributed by atoms with E-state index in [2.05, 4.69) is 4.99 Å². The van der Waals surface area contributed by atoms with Gasteiger partial charge in [0.1, 0.15) is 5.69 Å². The third-order valence-electron chi connectivity index (χ3n) is 2.34. The highest BCUT2D eigenvalue weighted by molar-refractivity contribution is 5.83. The monoisotopic (exact) mass is 242 g/mol. The van der Waals surface area contributed by atoms with Crippen LogP contribution in [0, 0.1) is 10.1 Å². The maximum atomic E-state index is 10.6. The van der Waals surface area contributed by atoms with Crippen LogP contribution in [0.2, 0.25) is 0 Å². The van der Waals surface area contributed by atoms with Crippen LogP contribution in [0.5, 0.6) is 5.75 Å². The van der Waals surface area contributed by atoms with E-state index >= 15 is 0 Å². The first kappa shape index (κ1) is 11.8. The molecule has 18 heavy (non-hydrogen) atoms. The summed E-state index contributed by atoms with van der Waals surface area (Å²) in [5.41, 5.74) is 0.675. The molecule has 5 heteroatoms. The SMILES string of the molecule is O=[N+]([O-])c1cccc(N=Cc2ccccc2)c1O. The number of rotatable bonds is 3. The maximum absolute atomic E-state index is 10.6. The molecule has 0 heterocycles. The number of para-hydroxylation sites is 1. The molecule has 0 aromatic heterocycles. The van der Waals surface area contributed by atoms with E-state index in [0.717, 1.165) is 5.56 Å². The van der Waals surface area contributed by atoms with E-state index in [0.29, 0.717) is 0 Å². The lowest BCUT2D eigenvalue weighted by Crippen LogP contribution is -1.88. The summed E-state index contributed by atoms with van der Waals surface area (Å²) in [6.07, 6.45) is 1.54. The molecule has 5 nitrogen and oxygen atoms in total. The molecule has 0 amide bonds. The molecule has 90 valence electrons. The van der Waals surface area contributed by atoms with Gasteiger partial charge in [-0.25, -0.2) is 0 Å². The first-order chi connectivity index (χ1) is 8.68. The second kappa shape index (κ2) is 5.09. The Labute approximate surface area is 103 Å². The summed E-state index contributed by atoms with van der Waals surface area (Å²) in [7, 11) is 0. The normalized spacial score (nSPS) is 10.7. The first-order valence-corrected chi connectivity index (χ1v) is 5.24. The fraction of sp³-hybridized carbons (Fsp3) is 0. The Bertz CT molecular complexity index is 594. The smallest absolute Gasteiger partial charge is 0.313 e. The molecule has 0 aliphatic heterocycles. The number of phenols is 1.